The van der Waals surface area contributed by atoms with E-state index < -0.39 is 28.5 Å². The van der Waals surface area contributed by atoms with Crippen LogP contribution in [0.1, 0.15) is 43.7 Å². The maximum absolute atomic E-state index is 13.7. The summed E-state index contributed by atoms with van der Waals surface area (Å²) in [6.45, 7) is 3.23. The van der Waals surface area contributed by atoms with E-state index in [4.69, 9.17) is 4.74 Å². The van der Waals surface area contributed by atoms with Crippen molar-refractivity contribution < 1.29 is 22.7 Å². The third kappa shape index (κ3) is 7.22. The maximum Gasteiger partial charge on any atom is 0.244 e. The van der Waals surface area contributed by atoms with Crippen LogP contribution < -0.4 is 14.4 Å². The van der Waals surface area contributed by atoms with Gasteiger partial charge in [0.25, 0.3) is 0 Å². The van der Waals surface area contributed by atoms with Gasteiger partial charge in [0.2, 0.25) is 21.8 Å². The molecule has 0 aromatic heterocycles. The van der Waals surface area contributed by atoms with Gasteiger partial charge in [-0.25, -0.2) is 8.42 Å². The zero-order valence-electron chi connectivity index (χ0n) is 21.2. The van der Waals surface area contributed by atoms with Gasteiger partial charge in [-0.1, -0.05) is 40.9 Å². The number of rotatable bonds is 10. The highest BCUT2D eigenvalue weighted by atomic mass is 79.9. The fourth-order valence-electron chi connectivity index (χ4n) is 4.34. The van der Waals surface area contributed by atoms with E-state index in [1.165, 1.54) is 4.90 Å². The van der Waals surface area contributed by atoms with Gasteiger partial charge in [0, 0.05) is 17.1 Å². The molecule has 0 unspecified atom stereocenters. The van der Waals surface area contributed by atoms with E-state index in [1.54, 1.807) is 44.4 Å². The zero-order chi connectivity index (χ0) is 26.5. The van der Waals surface area contributed by atoms with Crippen LogP contribution in [-0.2, 0) is 26.2 Å². The molecule has 196 valence electrons. The molecule has 0 heterocycles. The smallest absolute Gasteiger partial charge is 0.244 e. The van der Waals surface area contributed by atoms with Gasteiger partial charge in [-0.3, -0.25) is 13.9 Å². The van der Waals surface area contributed by atoms with Gasteiger partial charge in [0.15, 0.2) is 0 Å². The average Bonchev–Trinajstić information content (AvgIpc) is 3.34. The fourth-order valence-corrected chi connectivity index (χ4v) is 5.43. The molecule has 2 aromatic carbocycles. The Morgan fingerprint density at radius 2 is 1.86 bits per heavy atom. The van der Waals surface area contributed by atoms with Crippen LogP contribution in [-0.4, -0.2) is 57.1 Å². The van der Waals surface area contributed by atoms with Crippen molar-refractivity contribution in [2.45, 2.75) is 58.2 Å². The van der Waals surface area contributed by atoms with E-state index in [1.807, 2.05) is 19.1 Å². The van der Waals surface area contributed by atoms with Crippen LogP contribution in [0.15, 0.2) is 46.9 Å². The number of halogens is 1. The van der Waals surface area contributed by atoms with Crippen molar-refractivity contribution in [2.75, 3.05) is 24.2 Å². The van der Waals surface area contributed by atoms with E-state index in [0.29, 0.717) is 11.4 Å². The topological polar surface area (TPSA) is 96.0 Å². The van der Waals surface area contributed by atoms with Gasteiger partial charge in [-0.05, 0) is 68.1 Å². The number of nitrogens with one attached hydrogen (secondary N) is 1. The number of aryl methyl sites for hydroxylation is 1. The highest BCUT2D eigenvalue weighted by molar-refractivity contribution is 9.10. The normalized spacial score (nSPS) is 14.8. The quantitative estimate of drug-likeness (QED) is 0.459. The van der Waals surface area contributed by atoms with Crippen molar-refractivity contribution in [3.8, 4) is 5.75 Å². The number of nitrogens with zero attached hydrogens (tertiary/aromatic N) is 2. The van der Waals surface area contributed by atoms with Gasteiger partial charge >= 0.3 is 0 Å². The minimum Gasteiger partial charge on any atom is -0.497 e. The lowest BCUT2D eigenvalue weighted by molar-refractivity contribution is -0.139. The number of hydrogen-bond donors (Lipinski definition) is 1. The van der Waals surface area contributed by atoms with Crippen LogP contribution in [0.4, 0.5) is 5.69 Å². The maximum atomic E-state index is 13.7. The molecule has 0 spiro atoms. The van der Waals surface area contributed by atoms with Crippen molar-refractivity contribution in [1.82, 2.24) is 10.2 Å². The first kappa shape index (κ1) is 28.0. The predicted octanol–water partition coefficient (Wildman–Crippen LogP) is 4.01. The van der Waals surface area contributed by atoms with Crippen molar-refractivity contribution in [3.63, 3.8) is 0 Å². The van der Waals surface area contributed by atoms with Crippen LogP contribution in [0.3, 0.4) is 0 Å². The van der Waals surface area contributed by atoms with Crippen LogP contribution in [0.2, 0.25) is 0 Å². The number of benzene rings is 2. The number of carbonyl (C=O) groups excluding carboxylic acids is 2. The third-order valence-corrected chi connectivity index (χ3v) is 8.49. The van der Waals surface area contributed by atoms with Crippen LogP contribution in [0, 0.1) is 6.92 Å². The Kier molecular flexibility index (Phi) is 9.41. The summed E-state index contributed by atoms with van der Waals surface area (Å²) in [4.78, 5) is 28.2. The summed E-state index contributed by atoms with van der Waals surface area (Å²) >= 11 is 3.42. The minimum absolute atomic E-state index is 0.104. The standard InChI is InChI=1S/C26H34BrN3O5S/c1-18-14-22(12-13-24(18)27)30(36(4,33)34)17-25(31)29(16-20-8-7-11-23(15-20)35-3)19(2)26(32)28-21-9-5-6-10-21/h7-8,11-15,19,21H,5-6,9-10,16-17H2,1-4H3,(H,28,32)/t19-/m0/s1. The molecule has 0 bridgehead atoms. The Labute approximate surface area is 222 Å². The van der Waals surface area contributed by atoms with Crippen LogP contribution in [0.5, 0.6) is 5.75 Å². The largest absolute Gasteiger partial charge is 0.497 e. The minimum atomic E-state index is -3.77. The van der Waals surface area contributed by atoms with Gasteiger partial charge in [-0.15, -0.1) is 0 Å². The molecule has 0 radical (unpaired) electrons. The first-order valence-corrected chi connectivity index (χ1v) is 14.6. The van der Waals surface area contributed by atoms with Crippen molar-refractivity contribution >= 4 is 43.5 Å². The van der Waals surface area contributed by atoms with E-state index in [0.717, 1.165) is 51.8 Å². The lowest BCUT2D eigenvalue weighted by Gasteiger charge is -2.32. The van der Waals surface area contributed by atoms with Crippen molar-refractivity contribution in [2.24, 2.45) is 0 Å². The number of methoxy groups -OCH3 is 1. The van der Waals surface area contributed by atoms with Crippen LogP contribution in [0.25, 0.3) is 0 Å². The first-order chi connectivity index (χ1) is 17.0. The second kappa shape index (κ2) is 12.1. The van der Waals surface area contributed by atoms with E-state index >= 15 is 0 Å². The molecule has 10 heteroatoms. The SMILES string of the molecule is COc1cccc(CN(C(=O)CN(c2ccc(Br)c(C)c2)S(C)(=O)=O)[C@@H](C)C(=O)NC2CCCC2)c1. The molecule has 8 nitrogen and oxygen atoms in total. The number of anilines is 1. The number of sulfonamides is 1. The van der Waals surface area contributed by atoms with Crippen molar-refractivity contribution in [3.05, 3.63) is 58.1 Å². The summed E-state index contributed by atoms with van der Waals surface area (Å²) in [6.07, 6.45) is 5.06. The molecule has 1 fully saturated rings. The number of hydrogen-bond acceptors (Lipinski definition) is 5. The second-order valence-corrected chi connectivity index (χ2v) is 12.0. The molecule has 1 atom stereocenters. The predicted molar refractivity (Wildman–Crippen MR) is 144 cm³/mol. The summed E-state index contributed by atoms with van der Waals surface area (Å²) < 4.78 is 32.6. The molecule has 1 saturated carbocycles. The zero-order valence-corrected chi connectivity index (χ0v) is 23.6. The highest BCUT2D eigenvalue weighted by Gasteiger charge is 2.31. The Morgan fingerprint density at radius 3 is 2.47 bits per heavy atom. The Hall–Kier alpha value is -2.59. The number of carbonyl (C=O) groups is 2. The lowest BCUT2D eigenvalue weighted by Crippen LogP contribution is -2.52. The van der Waals surface area contributed by atoms with Crippen molar-refractivity contribution in [1.29, 1.82) is 0 Å². The molecule has 0 saturated heterocycles. The van der Waals surface area contributed by atoms with Gasteiger partial charge < -0.3 is 15.0 Å². The first-order valence-electron chi connectivity index (χ1n) is 12.0. The molecule has 0 aliphatic heterocycles. The lowest BCUT2D eigenvalue weighted by atomic mass is 10.1. The number of ether oxygens (including phenoxy) is 1. The molecule has 3 rings (SSSR count). The van der Waals surface area contributed by atoms with Gasteiger partial charge in [0.1, 0.15) is 18.3 Å². The monoisotopic (exact) mass is 579 g/mol. The molecular weight excluding hydrogens is 546 g/mol. The molecule has 1 aliphatic rings. The van der Waals surface area contributed by atoms with E-state index in [-0.39, 0.29) is 18.5 Å². The van der Waals surface area contributed by atoms with E-state index in [9.17, 15) is 18.0 Å². The Bertz CT molecular complexity index is 1200. The highest BCUT2D eigenvalue weighted by Crippen LogP contribution is 2.25. The average molecular weight is 581 g/mol. The fraction of sp³-hybridized carbons (Fsp3) is 0.462. The third-order valence-electron chi connectivity index (χ3n) is 6.46. The number of amides is 2. The molecule has 1 aliphatic carbocycles. The summed E-state index contributed by atoms with van der Waals surface area (Å²) in [5, 5.41) is 3.06. The Morgan fingerprint density at radius 1 is 1.17 bits per heavy atom. The van der Waals surface area contributed by atoms with Gasteiger partial charge in [-0.2, -0.15) is 0 Å². The molecular formula is C26H34BrN3O5S. The molecule has 1 N–H and O–H groups in total. The summed E-state index contributed by atoms with van der Waals surface area (Å²) in [5.41, 5.74) is 2.00. The molecule has 36 heavy (non-hydrogen) atoms. The molecule has 2 aromatic rings. The van der Waals surface area contributed by atoms with Crippen LogP contribution >= 0.6 is 15.9 Å². The van der Waals surface area contributed by atoms with E-state index in [2.05, 4.69) is 21.2 Å². The summed E-state index contributed by atoms with van der Waals surface area (Å²) in [5.74, 6) is -0.0903. The van der Waals surface area contributed by atoms with Gasteiger partial charge in [0.05, 0.1) is 19.1 Å². The summed E-state index contributed by atoms with van der Waals surface area (Å²) in [6, 6.07) is 11.7. The Balaban J connectivity index is 1.90. The molecule has 2 amide bonds. The summed E-state index contributed by atoms with van der Waals surface area (Å²) in [7, 11) is -2.21. The second-order valence-electron chi connectivity index (χ2n) is 9.24.